The number of hydrogen-bond donors (Lipinski definition) is 1. The lowest BCUT2D eigenvalue weighted by Gasteiger charge is -2.16. The first kappa shape index (κ1) is 8.69. The number of aliphatic hydroxyl groups excluding tert-OH is 1. The van der Waals surface area contributed by atoms with Crippen molar-refractivity contribution >= 4 is 0 Å². The molecule has 0 radical (unpaired) electrons. The fourth-order valence-electron chi connectivity index (χ4n) is 2.18. The largest absolute Gasteiger partial charge is 0.396 e. The van der Waals surface area contributed by atoms with Crippen LogP contribution in [0.2, 0.25) is 0 Å². The molecule has 1 heterocycles. The van der Waals surface area contributed by atoms with Gasteiger partial charge in [-0.15, -0.1) is 10.2 Å². The Morgan fingerprint density at radius 2 is 1.92 bits per heavy atom. The van der Waals surface area contributed by atoms with Crippen molar-refractivity contribution in [2.75, 3.05) is 6.61 Å². The van der Waals surface area contributed by atoms with Gasteiger partial charge in [-0.1, -0.05) is 6.42 Å². The molecule has 0 aromatic carbocycles. The Bertz CT molecular complexity index is 247. The Kier molecular flexibility index (Phi) is 2.59. The number of aliphatic hydroxyl groups is 1. The summed E-state index contributed by atoms with van der Waals surface area (Å²) in [5, 5.41) is 16.7. The maximum atomic E-state index is 9.12. The molecular weight excluding hydrogens is 166 g/mol. The first-order valence-electron chi connectivity index (χ1n) is 4.83. The molecule has 2 unspecified atom stereocenters. The average Bonchev–Trinajstić information content (AvgIpc) is 2.76. The first-order valence-corrected chi connectivity index (χ1v) is 4.83. The Labute approximate surface area is 77.6 Å². The fraction of sp³-hybridized carbons (Fsp3) is 0.778. The second kappa shape index (κ2) is 3.87. The van der Waals surface area contributed by atoms with Crippen LogP contribution in [-0.4, -0.2) is 26.5 Å². The number of hydrogen-bond acceptors (Lipinski definition) is 3. The van der Waals surface area contributed by atoms with Crippen LogP contribution in [0, 0.1) is 11.8 Å². The molecule has 2 rings (SSSR count). The normalized spacial score (nSPS) is 28.1. The van der Waals surface area contributed by atoms with Gasteiger partial charge in [0, 0.05) is 13.2 Å². The van der Waals surface area contributed by atoms with E-state index in [4.69, 9.17) is 5.11 Å². The Balaban J connectivity index is 1.94. The van der Waals surface area contributed by atoms with Crippen LogP contribution >= 0.6 is 0 Å². The summed E-state index contributed by atoms with van der Waals surface area (Å²) in [6.45, 7) is 1.28. The Morgan fingerprint density at radius 3 is 2.62 bits per heavy atom. The van der Waals surface area contributed by atoms with E-state index in [1.165, 1.54) is 19.3 Å². The molecule has 1 aromatic rings. The van der Waals surface area contributed by atoms with Crippen molar-refractivity contribution in [3.63, 3.8) is 0 Å². The third-order valence-corrected chi connectivity index (χ3v) is 2.96. The van der Waals surface area contributed by atoms with Gasteiger partial charge in [0.1, 0.15) is 12.7 Å². The molecular formula is C9H15N3O. The van der Waals surface area contributed by atoms with E-state index in [0.29, 0.717) is 18.4 Å². The van der Waals surface area contributed by atoms with E-state index in [1.807, 2.05) is 4.57 Å². The minimum absolute atomic E-state index is 0.326. The van der Waals surface area contributed by atoms with Crippen molar-refractivity contribution in [1.82, 2.24) is 14.8 Å². The van der Waals surface area contributed by atoms with Crippen molar-refractivity contribution in [2.24, 2.45) is 11.8 Å². The summed E-state index contributed by atoms with van der Waals surface area (Å²) in [4.78, 5) is 0. The van der Waals surface area contributed by atoms with Crippen LogP contribution < -0.4 is 0 Å². The molecule has 1 saturated carbocycles. The van der Waals surface area contributed by atoms with Gasteiger partial charge in [-0.25, -0.2) is 0 Å². The summed E-state index contributed by atoms with van der Waals surface area (Å²) in [7, 11) is 0. The number of aromatic nitrogens is 3. The molecule has 1 aromatic heterocycles. The van der Waals surface area contributed by atoms with Gasteiger partial charge in [-0.2, -0.15) is 0 Å². The average molecular weight is 181 g/mol. The van der Waals surface area contributed by atoms with Gasteiger partial charge in [0.25, 0.3) is 0 Å². The molecule has 72 valence electrons. The van der Waals surface area contributed by atoms with E-state index in [0.717, 1.165) is 6.54 Å². The zero-order valence-corrected chi connectivity index (χ0v) is 7.63. The highest BCUT2D eigenvalue weighted by atomic mass is 16.3. The molecule has 1 aliphatic rings. The zero-order chi connectivity index (χ0) is 9.10. The standard InChI is InChI=1S/C9H15N3O/c13-5-9-3-1-2-8(9)4-12-6-10-11-7-12/h6-9,13H,1-5H2. The van der Waals surface area contributed by atoms with E-state index < -0.39 is 0 Å². The van der Waals surface area contributed by atoms with Gasteiger partial charge in [0.2, 0.25) is 0 Å². The molecule has 0 amide bonds. The maximum absolute atomic E-state index is 9.12. The first-order chi connectivity index (χ1) is 6.40. The van der Waals surface area contributed by atoms with Crippen molar-refractivity contribution in [3.05, 3.63) is 12.7 Å². The Morgan fingerprint density at radius 1 is 1.23 bits per heavy atom. The second-order valence-corrected chi connectivity index (χ2v) is 3.79. The van der Waals surface area contributed by atoms with Gasteiger partial charge in [0.15, 0.2) is 0 Å². The van der Waals surface area contributed by atoms with Crippen molar-refractivity contribution < 1.29 is 5.11 Å². The lowest BCUT2D eigenvalue weighted by molar-refractivity contribution is 0.184. The number of nitrogens with zero attached hydrogens (tertiary/aromatic N) is 3. The summed E-state index contributed by atoms with van der Waals surface area (Å²) >= 11 is 0. The van der Waals surface area contributed by atoms with Gasteiger partial charge >= 0.3 is 0 Å². The molecule has 0 spiro atoms. The second-order valence-electron chi connectivity index (χ2n) is 3.79. The van der Waals surface area contributed by atoms with Crippen molar-refractivity contribution in [1.29, 1.82) is 0 Å². The molecule has 13 heavy (non-hydrogen) atoms. The van der Waals surface area contributed by atoms with E-state index in [2.05, 4.69) is 10.2 Å². The van der Waals surface area contributed by atoms with Crippen molar-refractivity contribution in [2.45, 2.75) is 25.8 Å². The number of rotatable bonds is 3. The summed E-state index contributed by atoms with van der Waals surface area (Å²) < 4.78 is 2.00. The summed E-state index contributed by atoms with van der Waals surface area (Å²) in [5.41, 5.74) is 0. The summed E-state index contributed by atoms with van der Waals surface area (Å²) in [6.07, 6.45) is 7.13. The van der Waals surface area contributed by atoms with Crippen LogP contribution in [0.1, 0.15) is 19.3 Å². The van der Waals surface area contributed by atoms with Crippen LogP contribution in [0.15, 0.2) is 12.7 Å². The van der Waals surface area contributed by atoms with E-state index >= 15 is 0 Å². The molecule has 1 fully saturated rings. The molecule has 2 atom stereocenters. The van der Waals surface area contributed by atoms with Crippen LogP contribution in [0.5, 0.6) is 0 Å². The fourth-order valence-corrected chi connectivity index (χ4v) is 2.18. The van der Waals surface area contributed by atoms with Gasteiger partial charge in [0.05, 0.1) is 0 Å². The molecule has 4 heteroatoms. The quantitative estimate of drug-likeness (QED) is 0.746. The topological polar surface area (TPSA) is 50.9 Å². The van der Waals surface area contributed by atoms with E-state index in [-0.39, 0.29) is 0 Å². The molecule has 0 aliphatic heterocycles. The SMILES string of the molecule is OCC1CCCC1Cn1cnnc1. The molecule has 1 N–H and O–H groups in total. The van der Waals surface area contributed by atoms with Crippen molar-refractivity contribution in [3.8, 4) is 0 Å². The third kappa shape index (κ3) is 1.88. The lowest BCUT2D eigenvalue weighted by Crippen LogP contribution is -2.17. The van der Waals surface area contributed by atoms with Crippen LogP contribution in [-0.2, 0) is 6.54 Å². The molecule has 1 aliphatic carbocycles. The minimum Gasteiger partial charge on any atom is -0.396 e. The van der Waals surface area contributed by atoms with Crippen LogP contribution in [0.25, 0.3) is 0 Å². The minimum atomic E-state index is 0.326. The lowest BCUT2D eigenvalue weighted by atomic mass is 9.97. The van der Waals surface area contributed by atoms with Gasteiger partial charge in [-0.05, 0) is 24.7 Å². The summed E-state index contributed by atoms with van der Waals surface area (Å²) in [6, 6.07) is 0. The predicted molar refractivity (Wildman–Crippen MR) is 47.9 cm³/mol. The summed E-state index contributed by atoms with van der Waals surface area (Å²) in [5.74, 6) is 1.10. The predicted octanol–water partition coefficient (Wildman–Crippen LogP) is 0.687. The van der Waals surface area contributed by atoms with E-state index in [9.17, 15) is 0 Å². The third-order valence-electron chi connectivity index (χ3n) is 2.96. The highest BCUT2D eigenvalue weighted by Gasteiger charge is 2.26. The monoisotopic (exact) mass is 181 g/mol. The molecule has 0 saturated heterocycles. The molecule has 0 bridgehead atoms. The van der Waals surface area contributed by atoms with Crippen LogP contribution in [0.3, 0.4) is 0 Å². The smallest absolute Gasteiger partial charge is 0.119 e. The highest BCUT2D eigenvalue weighted by molar-refractivity contribution is 4.78. The molecule has 4 nitrogen and oxygen atoms in total. The van der Waals surface area contributed by atoms with Crippen LogP contribution in [0.4, 0.5) is 0 Å². The van der Waals surface area contributed by atoms with E-state index in [1.54, 1.807) is 12.7 Å². The zero-order valence-electron chi connectivity index (χ0n) is 7.63. The Hall–Kier alpha value is -0.900. The van der Waals surface area contributed by atoms with Gasteiger partial charge in [-0.3, -0.25) is 0 Å². The highest BCUT2D eigenvalue weighted by Crippen LogP contribution is 2.32. The van der Waals surface area contributed by atoms with Gasteiger partial charge < -0.3 is 9.67 Å². The maximum Gasteiger partial charge on any atom is 0.119 e.